The molecule has 1 saturated heterocycles. The molecule has 1 aromatic rings. The van der Waals surface area contributed by atoms with Crippen LogP contribution >= 0.6 is 0 Å². The number of rotatable bonds is 8. The summed E-state index contributed by atoms with van der Waals surface area (Å²) in [6.07, 6.45) is 2.89. The molecule has 136 valence electrons. The zero-order valence-corrected chi connectivity index (χ0v) is 14.8. The van der Waals surface area contributed by atoms with Gasteiger partial charge in [0.2, 0.25) is 0 Å². The van der Waals surface area contributed by atoms with Crippen LogP contribution in [0.5, 0.6) is 0 Å². The van der Waals surface area contributed by atoms with Gasteiger partial charge in [-0.05, 0) is 25.2 Å². The molecule has 0 bridgehead atoms. The van der Waals surface area contributed by atoms with Crippen LogP contribution in [0.4, 0.5) is 4.79 Å². The number of nitrogens with one attached hydrogen (secondary N) is 1. The molecule has 0 aromatic carbocycles. The van der Waals surface area contributed by atoms with Gasteiger partial charge in [0.1, 0.15) is 6.61 Å². The summed E-state index contributed by atoms with van der Waals surface area (Å²) >= 11 is 0. The molecule has 8 nitrogen and oxygen atoms in total. The first-order chi connectivity index (χ1) is 11.6. The maximum Gasteiger partial charge on any atom is 0.318 e. The SMILES string of the molecule is COCCOCc1nc(C2CCCCN2C(=O)NCC(C)C)no1. The molecule has 0 aliphatic carbocycles. The number of carbonyl (C=O) groups is 1. The highest BCUT2D eigenvalue weighted by molar-refractivity contribution is 5.74. The van der Waals surface area contributed by atoms with Gasteiger partial charge in [0.15, 0.2) is 5.82 Å². The van der Waals surface area contributed by atoms with Gasteiger partial charge in [0.05, 0.1) is 19.3 Å². The Morgan fingerprint density at radius 3 is 3.00 bits per heavy atom. The molecule has 0 radical (unpaired) electrons. The van der Waals surface area contributed by atoms with Crippen molar-refractivity contribution in [3.63, 3.8) is 0 Å². The molecule has 1 atom stereocenters. The molecule has 1 aliphatic heterocycles. The summed E-state index contributed by atoms with van der Waals surface area (Å²) in [6, 6.07) is -0.196. The van der Waals surface area contributed by atoms with Gasteiger partial charge in [-0.2, -0.15) is 4.98 Å². The lowest BCUT2D eigenvalue weighted by Crippen LogP contribution is -2.45. The third kappa shape index (κ3) is 5.45. The monoisotopic (exact) mass is 340 g/mol. The van der Waals surface area contributed by atoms with Crippen LogP contribution in [0.15, 0.2) is 4.52 Å². The minimum atomic E-state index is -0.137. The molecule has 2 heterocycles. The average molecular weight is 340 g/mol. The lowest BCUT2D eigenvalue weighted by atomic mass is 10.0. The number of urea groups is 1. The number of nitrogens with zero attached hydrogens (tertiary/aromatic N) is 3. The van der Waals surface area contributed by atoms with E-state index in [4.69, 9.17) is 14.0 Å². The Labute approximate surface area is 142 Å². The summed E-state index contributed by atoms with van der Waals surface area (Å²) in [5.74, 6) is 1.40. The van der Waals surface area contributed by atoms with E-state index >= 15 is 0 Å². The highest BCUT2D eigenvalue weighted by Crippen LogP contribution is 2.29. The molecular weight excluding hydrogens is 312 g/mol. The topological polar surface area (TPSA) is 89.7 Å². The van der Waals surface area contributed by atoms with E-state index in [1.165, 1.54) is 0 Å². The number of carbonyl (C=O) groups excluding carboxylic acids is 1. The fourth-order valence-electron chi connectivity index (χ4n) is 2.60. The first-order valence-corrected chi connectivity index (χ1v) is 8.55. The van der Waals surface area contributed by atoms with Crippen LogP contribution in [0.3, 0.4) is 0 Å². The van der Waals surface area contributed by atoms with Crippen molar-refractivity contribution in [3.05, 3.63) is 11.7 Å². The average Bonchev–Trinajstić information content (AvgIpc) is 3.05. The fraction of sp³-hybridized carbons (Fsp3) is 0.812. The van der Waals surface area contributed by atoms with E-state index in [0.29, 0.717) is 43.9 Å². The van der Waals surface area contributed by atoms with Crippen LogP contribution in [-0.4, -0.2) is 54.5 Å². The Morgan fingerprint density at radius 2 is 2.25 bits per heavy atom. The second kappa shape index (κ2) is 9.58. The maximum atomic E-state index is 12.4. The second-order valence-electron chi connectivity index (χ2n) is 6.38. The number of methoxy groups -OCH3 is 1. The number of piperidine rings is 1. The third-order valence-corrected chi connectivity index (χ3v) is 3.86. The van der Waals surface area contributed by atoms with Crippen molar-refractivity contribution < 1.29 is 18.8 Å². The van der Waals surface area contributed by atoms with E-state index in [9.17, 15) is 4.79 Å². The number of aromatic nitrogens is 2. The van der Waals surface area contributed by atoms with Crippen molar-refractivity contribution in [1.29, 1.82) is 0 Å². The van der Waals surface area contributed by atoms with Crippen LogP contribution in [0.2, 0.25) is 0 Å². The van der Waals surface area contributed by atoms with Crippen molar-refractivity contribution in [2.24, 2.45) is 5.92 Å². The Kier molecular flexibility index (Phi) is 7.45. The Bertz CT molecular complexity index is 506. The summed E-state index contributed by atoms with van der Waals surface area (Å²) in [5, 5.41) is 7.02. The highest BCUT2D eigenvalue weighted by Gasteiger charge is 2.31. The predicted octanol–water partition coefficient (Wildman–Crippen LogP) is 2.13. The van der Waals surface area contributed by atoms with Crippen LogP contribution in [0.1, 0.15) is 50.9 Å². The second-order valence-corrected chi connectivity index (χ2v) is 6.38. The highest BCUT2D eigenvalue weighted by atomic mass is 16.5. The Hall–Kier alpha value is -1.67. The number of amides is 2. The third-order valence-electron chi connectivity index (χ3n) is 3.86. The number of hydrogen-bond donors (Lipinski definition) is 1. The number of likely N-dealkylation sites (tertiary alicyclic amines) is 1. The van der Waals surface area contributed by atoms with Gasteiger partial charge < -0.3 is 24.2 Å². The van der Waals surface area contributed by atoms with E-state index in [2.05, 4.69) is 29.3 Å². The lowest BCUT2D eigenvalue weighted by Gasteiger charge is -2.33. The molecule has 1 N–H and O–H groups in total. The molecule has 1 aromatic heterocycles. The normalized spacial score (nSPS) is 18.2. The summed E-state index contributed by atoms with van der Waals surface area (Å²) in [6.45, 7) is 6.76. The van der Waals surface area contributed by atoms with Crippen LogP contribution in [0, 0.1) is 5.92 Å². The molecule has 8 heteroatoms. The van der Waals surface area contributed by atoms with Gasteiger partial charge in [-0.3, -0.25) is 0 Å². The predicted molar refractivity (Wildman–Crippen MR) is 87.4 cm³/mol. The lowest BCUT2D eigenvalue weighted by molar-refractivity contribution is 0.0494. The standard InChI is InChI=1S/C16H28N4O4/c1-12(2)10-17-16(21)20-7-5-4-6-13(20)15-18-14(24-19-15)11-23-9-8-22-3/h12-13H,4-11H2,1-3H3,(H,17,21). The van der Waals surface area contributed by atoms with Crippen LogP contribution in [0.25, 0.3) is 0 Å². The Morgan fingerprint density at radius 1 is 1.42 bits per heavy atom. The van der Waals surface area contributed by atoms with E-state index in [-0.39, 0.29) is 18.7 Å². The smallest absolute Gasteiger partial charge is 0.318 e. The van der Waals surface area contributed by atoms with Gasteiger partial charge in [-0.1, -0.05) is 19.0 Å². The molecule has 1 fully saturated rings. The van der Waals surface area contributed by atoms with E-state index in [0.717, 1.165) is 19.3 Å². The molecule has 24 heavy (non-hydrogen) atoms. The minimum Gasteiger partial charge on any atom is -0.382 e. The summed E-state index contributed by atoms with van der Waals surface area (Å²) in [5.41, 5.74) is 0. The molecule has 1 aliphatic rings. The number of hydrogen-bond acceptors (Lipinski definition) is 6. The molecule has 0 spiro atoms. The zero-order valence-electron chi connectivity index (χ0n) is 14.8. The maximum absolute atomic E-state index is 12.4. The quantitative estimate of drug-likeness (QED) is 0.729. The fourth-order valence-corrected chi connectivity index (χ4v) is 2.60. The molecular formula is C16H28N4O4. The van der Waals surface area contributed by atoms with Gasteiger partial charge in [-0.25, -0.2) is 4.79 Å². The first-order valence-electron chi connectivity index (χ1n) is 8.55. The van der Waals surface area contributed by atoms with Crippen molar-refractivity contribution >= 4 is 6.03 Å². The van der Waals surface area contributed by atoms with E-state index in [1.54, 1.807) is 7.11 Å². The summed E-state index contributed by atoms with van der Waals surface area (Å²) in [7, 11) is 1.62. The first kappa shape index (κ1) is 18.7. The van der Waals surface area contributed by atoms with Gasteiger partial charge >= 0.3 is 6.03 Å². The van der Waals surface area contributed by atoms with Crippen LogP contribution < -0.4 is 5.32 Å². The van der Waals surface area contributed by atoms with Crippen molar-refractivity contribution in [2.75, 3.05) is 33.4 Å². The van der Waals surface area contributed by atoms with Crippen molar-refractivity contribution in [2.45, 2.75) is 45.8 Å². The largest absolute Gasteiger partial charge is 0.382 e. The van der Waals surface area contributed by atoms with E-state index in [1.807, 2.05) is 4.90 Å². The minimum absolute atomic E-state index is 0.0592. The number of ether oxygens (including phenoxy) is 2. The molecule has 2 amide bonds. The van der Waals surface area contributed by atoms with Crippen LogP contribution in [-0.2, 0) is 16.1 Å². The van der Waals surface area contributed by atoms with Crippen molar-refractivity contribution in [3.8, 4) is 0 Å². The Balaban J connectivity index is 1.94. The van der Waals surface area contributed by atoms with Crippen molar-refractivity contribution in [1.82, 2.24) is 20.4 Å². The van der Waals surface area contributed by atoms with Gasteiger partial charge in [0, 0.05) is 20.2 Å². The van der Waals surface area contributed by atoms with Gasteiger partial charge in [-0.15, -0.1) is 0 Å². The van der Waals surface area contributed by atoms with E-state index < -0.39 is 0 Å². The zero-order chi connectivity index (χ0) is 17.4. The van der Waals surface area contributed by atoms with Gasteiger partial charge in [0.25, 0.3) is 5.89 Å². The summed E-state index contributed by atoms with van der Waals surface area (Å²) in [4.78, 5) is 18.6. The molecule has 1 unspecified atom stereocenters. The molecule has 0 saturated carbocycles. The molecule has 2 rings (SSSR count). The summed E-state index contributed by atoms with van der Waals surface area (Å²) < 4.78 is 15.5.